The van der Waals surface area contributed by atoms with Crippen LogP contribution in [0.15, 0.2) is 30.5 Å². The fraction of sp³-hybridized carbons (Fsp3) is 0.333. The van der Waals surface area contributed by atoms with Gasteiger partial charge in [0.15, 0.2) is 0 Å². The Morgan fingerprint density at radius 1 is 1.26 bits per heavy atom. The lowest BCUT2D eigenvalue weighted by atomic mass is 10.3. The normalized spacial score (nSPS) is 11.7. The molecule has 0 aliphatic rings. The number of anilines is 2. The quantitative estimate of drug-likeness (QED) is 0.653. The van der Waals surface area contributed by atoms with Gasteiger partial charge in [0.1, 0.15) is 5.56 Å². The molecule has 0 fully saturated rings. The van der Waals surface area contributed by atoms with Gasteiger partial charge in [-0.2, -0.15) is 18.2 Å². The Morgan fingerprint density at radius 2 is 1.96 bits per heavy atom. The number of halogens is 4. The zero-order valence-corrected chi connectivity index (χ0v) is 14.9. The van der Waals surface area contributed by atoms with E-state index < -0.39 is 23.7 Å². The van der Waals surface area contributed by atoms with E-state index in [-0.39, 0.29) is 5.95 Å². The second-order valence-electron chi connectivity index (χ2n) is 5.09. The fourth-order valence-electron chi connectivity index (χ4n) is 1.83. The van der Waals surface area contributed by atoms with Crippen LogP contribution in [0.4, 0.5) is 24.8 Å². The van der Waals surface area contributed by atoms with Gasteiger partial charge in [-0.25, -0.2) is 4.98 Å². The van der Waals surface area contributed by atoms with E-state index in [0.29, 0.717) is 0 Å². The summed E-state index contributed by atoms with van der Waals surface area (Å²) in [5.41, 5.74) is -0.210. The summed E-state index contributed by atoms with van der Waals surface area (Å²) in [5, 5.41) is 0. The standard InChI is InChI=1S/C15H15F3IN3O/c1-9(2)23-13-12(15(16,17)18)8-20-14(21-13)22(3)11-6-4-5-10(19)7-11/h4-9H,1-3H3. The van der Waals surface area contributed by atoms with E-state index in [9.17, 15) is 13.2 Å². The Balaban J connectivity index is 2.44. The van der Waals surface area contributed by atoms with Crippen LogP contribution in [0.1, 0.15) is 19.4 Å². The third kappa shape index (κ3) is 4.46. The van der Waals surface area contributed by atoms with Gasteiger partial charge < -0.3 is 9.64 Å². The predicted molar refractivity (Wildman–Crippen MR) is 90.0 cm³/mol. The number of rotatable bonds is 4. The molecule has 0 N–H and O–H groups in total. The Labute approximate surface area is 145 Å². The van der Waals surface area contributed by atoms with Gasteiger partial charge in [-0.3, -0.25) is 0 Å². The number of nitrogens with zero attached hydrogens (tertiary/aromatic N) is 3. The van der Waals surface area contributed by atoms with Crippen LogP contribution >= 0.6 is 22.6 Å². The summed E-state index contributed by atoms with van der Waals surface area (Å²) in [6.07, 6.45) is -4.24. The molecular weight excluding hydrogens is 422 g/mol. The monoisotopic (exact) mass is 437 g/mol. The Kier molecular flexibility index (Phi) is 5.33. The van der Waals surface area contributed by atoms with Crippen molar-refractivity contribution in [1.82, 2.24) is 9.97 Å². The van der Waals surface area contributed by atoms with Gasteiger partial charge in [0.25, 0.3) is 0 Å². The van der Waals surface area contributed by atoms with Gasteiger partial charge in [0.2, 0.25) is 11.8 Å². The highest BCUT2D eigenvalue weighted by Gasteiger charge is 2.36. The Bertz CT molecular complexity index is 692. The zero-order chi connectivity index (χ0) is 17.2. The molecule has 4 nitrogen and oxygen atoms in total. The van der Waals surface area contributed by atoms with Gasteiger partial charge in [-0.1, -0.05) is 6.07 Å². The number of ether oxygens (including phenoxy) is 1. The molecule has 0 aliphatic carbocycles. The molecule has 0 atom stereocenters. The van der Waals surface area contributed by atoms with E-state index in [4.69, 9.17) is 4.74 Å². The third-order valence-corrected chi connectivity index (χ3v) is 3.56. The van der Waals surface area contributed by atoms with Gasteiger partial charge in [-0.05, 0) is 54.6 Å². The maximum absolute atomic E-state index is 13.0. The van der Waals surface area contributed by atoms with Crippen LogP contribution in [0.3, 0.4) is 0 Å². The van der Waals surface area contributed by atoms with Gasteiger partial charge in [0, 0.05) is 22.5 Å². The van der Waals surface area contributed by atoms with E-state index in [2.05, 4.69) is 32.6 Å². The summed E-state index contributed by atoms with van der Waals surface area (Å²) in [6.45, 7) is 3.29. The summed E-state index contributed by atoms with van der Waals surface area (Å²) in [4.78, 5) is 9.39. The lowest BCUT2D eigenvalue weighted by Crippen LogP contribution is -2.19. The Morgan fingerprint density at radius 3 is 2.52 bits per heavy atom. The average Bonchev–Trinajstić information content (AvgIpc) is 2.44. The van der Waals surface area contributed by atoms with E-state index in [1.807, 2.05) is 24.3 Å². The van der Waals surface area contributed by atoms with E-state index >= 15 is 0 Å². The molecule has 0 spiro atoms. The molecule has 0 bridgehead atoms. The summed E-state index contributed by atoms with van der Waals surface area (Å²) in [5.74, 6) is -0.328. The number of hydrogen-bond donors (Lipinski definition) is 0. The first-order valence-corrected chi connectivity index (χ1v) is 7.86. The summed E-state index contributed by atoms with van der Waals surface area (Å²) in [6, 6.07) is 7.47. The predicted octanol–water partition coefficient (Wildman–Crippen LogP) is 4.66. The summed E-state index contributed by atoms with van der Waals surface area (Å²) < 4.78 is 45.3. The van der Waals surface area contributed by atoms with E-state index in [0.717, 1.165) is 15.5 Å². The molecule has 0 amide bonds. The third-order valence-electron chi connectivity index (χ3n) is 2.89. The minimum absolute atomic E-state index is 0.135. The average molecular weight is 437 g/mol. The van der Waals surface area contributed by atoms with Crippen LogP contribution in [0.25, 0.3) is 0 Å². The first-order valence-electron chi connectivity index (χ1n) is 6.78. The highest BCUT2D eigenvalue weighted by Crippen LogP contribution is 2.36. The highest BCUT2D eigenvalue weighted by atomic mass is 127. The van der Waals surface area contributed by atoms with Crippen LogP contribution in [-0.2, 0) is 6.18 Å². The fourth-order valence-corrected chi connectivity index (χ4v) is 2.35. The minimum Gasteiger partial charge on any atom is -0.474 e. The second-order valence-corrected chi connectivity index (χ2v) is 6.34. The smallest absolute Gasteiger partial charge is 0.423 e. The van der Waals surface area contributed by atoms with Gasteiger partial charge >= 0.3 is 6.18 Å². The zero-order valence-electron chi connectivity index (χ0n) is 12.7. The first kappa shape index (κ1) is 17.8. The molecule has 1 heterocycles. The van der Waals surface area contributed by atoms with Crippen molar-refractivity contribution in [2.45, 2.75) is 26.1 Å². The minimum atomic E-state index is -4.57. The van der Waals surface area contributed by atoms with Crippen LogP contribution in [-0.4, -0.2) is 23.1 Å². The van der Waals surface area contributed by atoms with Crippen molar-refractivity contribution in [1.29, 1.82) is 0 Å². The molecule has 23 heavy (non-hydrogen) atoms. The molecule has 124 valence electrons. The number of hydrogen-bond acceptors (Lipinski definition) is 4. The Hall–Kier alpha value is -1.58. The van der Waals surface area contributed by atoms with Crippen molar-refractivity contribution in [2.75, 3.05) is 11.9 Å². The van der Waals surface area contributed by atoms with E-state index in [1.54, 1.807) is 25.8 Å². The number of alkyl halides is 3. The van der Waals surface area contributed by atoms with Crippen molar-refractivity contribution < 1.29 is 17.9 Å². The van der Waals surface area contributed by atoms with Crippen molar-refractivity contribution in [3.63, 3.8) is 0 Å². The van der Waals surface area contributed by atoms with Crippen LogP contribution in [0.2, 0.25) is 0 Å². The molecule has 1 aromatic carbocycles. The lowest BCUT2D eigenvalue weighted by Gasteiger charge is -2.20. The van der Waals surface area contributed by atoms with Crippen molar-refractivity contribution in [3.05, 3.63) is 39.6 Å². The molecular formula is C15H15F3IN3O. The van der Waals surface area contributed by atoms with Gasteiger partial charge in [0.05, 0.1) is 6.10 Å². The molecule has 1 aromatic heterocycles. The molecule has 0 aliphatic heterocycles. The molecule has 0 saturated carbocycles. The van der Waals surface area contributed by atoms with Gasteiger partial charge in [-0.15, -0.1) is 0 Å². The van der Waals surface area contributed by atoms with Crippen molar-refractivity contribution in [2.24, 2.45) is 0 Å². The highest BCUT2D eigenvalue weighted by molar-refractivity contribution is 14.1. The molecule has 0 unspecified atom stereocenters. The molecule has 2 rings (SSSR count). The SMILES string of the molecule is CC(C)Oc1nc(N(C)c2cccc(I)c2)ncc1C(F)(F)F. The molecule has 2 aromatic rings. The molecule has 0 radical (unpaired) electrons. The van der Waals surface area contributed by atoms with Crippen LogP contribution in [0.5, 0.6) is 5.88 Å². The molecule has 0 saturated heterocycles. The molecule has 8 heteroatoms. The second kappa shape index (κ2) is 6.90. The first-order chi connectivity index (χ1) is 10.7. The largest absolute Gasteiger partial charge is 0.474 e. The topological polar surface area (TPSA) is 38.2 Å². The number of aromatic nitrogens is 2. The maximum atomic E-state index is 13.0. The van der Waals surface area contributed by atoms with Crippen LogP contribution in [0, 0.1) is 3.57 Å². The maximum Gasteiger partial charge on any atom is 0.423 e. The summed E-state index contributed by atoms with van der Waals surface area (Å²) >= 11 is 2.16. The number of benzene rings is 1. The lowest BCUT2D eigenvalue weighted by molar-refractivity contribution is -0.139. The van der Waals surface area contributed by atoms with Crippen molar-refractivity contribution >= 4 is 34.2 Å². The van der Waals surface area contributed by atoms with Crippen molar-refractivity contribution in [3.8, 4) is 5.88 Å². The van der Waals surface area contributed by atoms with Crippen LogP contribution < -0.4 is 9.64 Å². The summed E-state index contributed by atoms with van der Waals surface area (Å²) in [7, 11) is 1.69. The van der Waals surface area contributed by atoms with E-state index in [1.165, 1.54) is 0 Å².